The summed E-state index contributed by atoms with van der Waals surface area (Å²) in [4.78, 5) is 25.4. The molecule has 0 radical (unpaired) electrons. The molecule has 150 valence electrons. The second kappa shape index (κ2) is 8.06. The van der Waals surface area contributed by atoms with E-state index in [0.717, 1.165) is 49.9 Å². The lowest BCUT2D eigenvalue weighted by atomic mass is 10.1. The summed E-state index contributed by atoms with van der Waals surface area (Å²) in [5, 5.41) is 21.1. The van der Waals surface area contributed by atoms with Gasteiger partial charge in [0.1, 0.15) is 0 Å². The van der Waals surface area contributed by atoms with E-state index in [9.17, 15) is 23.3 Å². The number of carbonyl (C=O) groups excluding carboxylic acids is 1. The molecule has 0 bridgehead atoms. The first-order valence-corrected chi connectivity index (χ1v) is 11.1. The Morgan fingerprint density at radius 3 is 2.54 bits per heavy atom. The monoisotopic (exact) mass is 426 g/mol. The minimum absolute atomic E-state index is 0.00750. The molecule has 1 aromatic carbocycles. The van der Waals surface area contributed by atoms with E-state index in [1.807, 2.05) is 4.90 Å². The van der Waals surface area contributed by atoms with Gasteiger partial charge in [-0.15, -0.1) is 10.2 Å². The molecule has 28 heavy (non-hydrogen) atoms. The van der Waals surface area contributed by atoms with Crippen LogP contribution in [0.2, 0.25) is 0 Å². The molecule has 1 saturated heterocycles. The maximum absolute atomic E-state index is 12.8. The number of sulfonamides is 1. The molecule has 2 heterocycles. The number of hydrogen-bond acceptors (Lipinski definition) is 9. The zero-order valence-corrected chi connectivity index (χ0v) is 16.5. The van der Waals surface area contributed by atoms with Crippen molar-refractivity contribution < 1.29 is 18.1 Å². The van der Waals surface area contributed by atoms with Crippen molar-refractivity contribution in [1.29, 1.82) is 0 Å². The summed E-state index contributed by atoms with van der Waals surface area (Å²) in [5.41, 5.74) is 0.577. The molecule has 13 heteroatoms. The summed E-state index contributed by atoms with van der Waals surface area (Å²) >= 11 is 0.843. The lowest BCUT2D eigenvalue weighted by Crippen LogP contribution is -2.31. The van der Waals surface area contributed by atoms with Gasteiger partial charge in [0.05, 0.1) is 22.4 Å². The van der Waals surface area contributed by atoms with E-state index in [-0.39, 0.29) is 21.5 Å². The first-order valence-electron chi connectivity index (χ1n) is 8.39. The molecule has 11 nitrogen and oxygen atoms in total. The number of piperidine rings is 1. The fraction of sp³-hybridized carbons (Fsp3) is 0.400. The number of rotatable bonds is 6. The molecule has 0 aliphatic carbocycles. The van der Waals surface area contributed by atoms with Gasteiger partial charge in [-0.2, -0.15) is 0 Å². The second-order valence-corrected chi connectivity index (χ2v) is 8.97. The number of aromatic nitrogens is 2. The van der Waals surface area contributed by atoms with E-state index in [1.54, 1.807) is 6.07 Å². The lowest BCUT2D eigenvalue weighted by Gasteiger charge is -2.30. The smallest absolute Gasteiger partial charge is 0.270 e. The minimum atomic E-state index is -3.52. The standard InChI is InChI=1S/C15H18N6O5S2/c1-28(25,26)19-15-18-17-14(27-15)16-13(22)11-9-10(21(23)24)5-6-12(11)20-7-3-2-4-8-20/h5-6,9H,2-4,7-8H2,1H3,(H,18,19)(H,16,17,22). The Hall–Kier alpha value is -2.80. The van der Waals surface area contributed by atoms with Crippen LogP contribution in [0.15, 0.2) is 18.2 Å². The Kier molecular flexibility index (Phi) is 5.74. The molecule has 1 aromatic heterocycles. The van der Waals surface area contributed by atoms with Crippen LogP contribution < -0.4 is 14.9 Å². The van der Waals surface area contributed by atoms with Crippen LogP contribution in [0.25, 0.3) is 0 Å². The average Bonchev–Trinajstić information content (AvgIpc) is 3.06. The van der Waals surface area contributed by atoms with Crippen molar-refractivity contribution in [2.75, 3.05) is 34.3 Å². The fourth-order valence-corrected chi connectivity index (χ4v) is 4.34. The summed E-state index contributed by atoms with van der Waals surface area (Å²) < 4.78 is 24.7. The maximum Gasteiger partial charge on any atom is 0.270 e. The number of anilines is 3. The van der Waals surface area contributed by atoms with Gasteiger partial charge in [-0.1, -0.05) is 11.3 Å². The minimum Gasteiger partial charge on any atom is -0.371 e. The number of carbonyl (C=O) groups is 1. The highest BCUT2D eigenvalue weighted by molar-refractivity contribution is 7.92. The first kappa shape index (κ1) is 19.9. The van der Waals surface area contributed by atoms with E-state index in [0.29, 0.717) is 5.69 Å². The van der Waals surface area contributed by atoms with Crippen LogP contribution in [-0.2, 0) is 10.0 Å². The Bertz CT molecular complexity index is 1000. The number of nitrogens with one attached hydrogen (secondary N) is 2. The van der Waals surface area contributed by atoms with E-state index in [1.165, 1.54) is 12.1 Å². The molecule has 1 aliphatic rings. The maximum atomic E-state index is 12.8. The molecule has 0 atom stereocenters. The van der Waals surface area contributed by atoms with Crippen LogP contribution in [0.5, 0.6) is 0 Å². The highest BCUT2D eigenvalue weighted by atomic mass is 32.2. The summed E-state index contributed by atoms with van der Waals surface area (Å²) in [6.45, 7) is 1.53. The third kappa shape index (κ3) is 4.92. The average molecular weight is 426 g/mol. The predicted octanol–water partition coefficient (Wildman–Crippen LogP) is 2.06. The Labute approximate surface area is 165 Å². The molecule has 3 rings (SSSR count). The molecule has 0 unspecified atom stereocenters. The van der Waals surface area contributed by atoms with Crippen molar-refractivity contribution in [1.82, 2.24) is 10.2 Å². The van der Waals surface area contributed by atoms with Crippen LogP contribution in [-0.4, -0.2) is 48.8 Å². The van der Waals surface area contributed by atoms with Gasteiger partial charge in [0.2, 0.25) is 20.3 Å². The summed E-state index contributed by atoms with van der Waals surface area (Å²) in [7, 11) is -3.52. The van der Waals surface area contributed by atoms with Crippen LogP contribution in [0.1, 0.15) is 29.6 Å². The number of non-ortho nitro benzene ring substituents is 1. The van der Waals surface area contributed by atoms with E-state index in [4.69, 9.17) is 0 Å². The Morgan fingerprint density at radius 2 is 1.89 bits per heavy atom. The number of nitro groups is 1. The van der Waals surface area contributed by atoms with Gasteiger partial charge in [0.25, 0.3) is 11.6 Å². The van der Waals surface area contributed by atoms with E-state index < -0.39 is 20.9 Å². The molecule has 2 N–H and O–H groups in total. The molecule has 1 fully saturated rings. The van der Waals surface area contributed by atoms with Gasteiger partial charge in [0, 0.05) is 25.2 Å². The van der Waals surface area contributed by atoms with Gasteiger partial charge < -0.3 is 4.90 Å². The highest BCUT2D eigenvalue weighted by Gasteiger charge is 2.23. The van der Waals surface area contributed by atoms with Crippen LogP contribution in [0, 0.1) is 10.1 Å². The molecule has 0 spiro atoms. The quantitative estimate of drug-likeness (QED) is 0.527. The summed E-state index contributed by atoms with van der Waals surface area (Å²) in [6.07, 6.45) is 4.04. The fourth-order valence-electron chi connectivity index (χ4n) is 2.87. The number of nitrogens with zero attached hydrogens (tertiary/aromatic N) is 4. The summed E-state index contributed by atoms with van der Waals surface area (Å²) in [6, 6.07) is 4.19. The molecule has 0 saturated carbocycles. The van der Waals surface area contributed by atoms with Crippen molar-refractivity contribution in [2.45, 2.75) is 19.3 Å². The molecular weight excluding hydrogens is 408 g/mol. The summed E-state index contributed by atoms with van der Waals surface area (Å²) in [5.74, 6) is -0.577. The largest absolute Gasteiger partial charge is 0.371 e. The topological polar surface area (TPSA) is 147 Å². The number of nitro benzene ring substituents is 1. The zero-order chi connectivity index (χ0) is 20.3. The molecule has 1 amide bonds. The Morgan fingerprint density at radius 1 is 1.21 bits per heavy atom. The normalized spacial score (nSPS) is 14.5. The SMILES string of the molecule is CS(=O)(=O)Nc1nnc(NC(=O)c2cc([N+](=O)[O-])ccc2N2CCCCC2)s1. The van der Waals surface area contributed by atoms with Gasteiger partial charge in [-0.3, -0.25) is 24.9 Å². The second-order valence-electron chi connectivity index (χ2n) is 6.25. The number of hydrogen-bond donors (Lipinski definition) is 2. The highest BCUT2D eigenvalue weighted by Crippen LogP contribution is 2.29. The van der Waals surface area contributed by atoms with Crippen LogP contribution in [0.3, 0.4) is 0 Å². The third-order valence-electron chi connectivity index (χ3n) is 4.05. The molecule has 1 aliphatic heterocycles. The zero-order valence-electron chi connectivity index (χ0n) is 14.9. The van der Waals surface area contributed by atoms with E-state index >= 15 is 0 Å². The van der Waals surface area contributed by atoms with Gasteiger partial charge in [-0.25, -0.2) is 8.42 Å². The number of amides is 1. The van der Waals surface area contributed by atoms with E-state index in [2.05, 4.69) is 20.2 Å². The van der Waals surface area contributed by atoms with Crippen LogP contribution >= 0.6 is 11.3 Å². The Balaban J connectivity index is 1.86. The van der Waals surface area contributed by atoms with Gasteiger partial charge in [0.15, 0.2) is 0 Å². The lowest BCUT2D eigenvalue weighted by molar-refractivity contribution is -0.384. The van der Waals surface area contributed by atoms with Gasteiger partial charge >= 0.3 is 0 Å². The third-order valence-corrected chi connectivity index (χ3v) is 5.50. The van der Waals surface area contributed by atoms with Crippen molar-refractivity contribution >= 4 is 48.9 Å². The van der Waals surface area contributed by atoms with Crippen LogP contribution in [0.4, 0.5) is 21.6 Å². The van der Waals surface area contributed by atoms with Gasteiger partial charge in [-0.05, 0) is 25.3 Å². The predicted molar refractivity (Wildman–Crippen MR) is 105 cm³/mol. The first-order chi connectivity index (χ1) is 13.2. The molecular formula is C15H18N6O5S2. The number of benzene rings is 1. The van der Waals surface area contributed by atoms with Crippen molar-refractivity contribution in [2.24, 2.45) is 0 Å². The van der Waals surface area contributed by atoms with Crippen molar-refractivity contribution in [3.05, 3.63) is 33.9 Å². The molecule has 2 aromatic rings. The van der Waals surface area contributed by atoms with Crippen molar-refractivity contribution in [3.63, 3.8) is 0 Å². The van der Waals surface area contributed by atoms with Crippen molar-refractivity contribution in [3.8, 4) is 0 Å².